The maximum Gasteiger partial charge on any atom is 0.313 e. The first kappa shape index (κ1) is 20.6. The van der Waals surface area contributed by atoms with Crippen LogP contribution in [0.25, 0.3) is 0 Å². The van der Waals surface area contributed by atoms with E-state index in [4.69, 9.17) is 9.47 Å². The summed E-state index contributed by atoms with van der Waals surface area (Å²) in [6.07, 6.45) is 4.73. The van der Waals surface area contributed by atoms with Crippen LogP contribution in [0, 0.1) is 5.92 Å². The number of hydrogen-bond acceptors (Lipinski definition) is 6. The summed E-state index contributed by atoms with van der Waals surface area (Å²) in [7, 11) is 0. The van der Waals surface area contributed by atoms with Crippen LogP contribution in [0.5, 0.6) is 11.5 Å². The predicted molar refractivity (Wildman–Crippen MR) is 112 cm³/mol. The molecule has 0 radical (unpaired) electrons. The second-order valence-corrected chi connectivity index (χ2v) is 7.49. The number of rotatable bonds is 4. The van der Waals surface area contributed by atoms with E-state index in [2.05, 4.69) is 15.6 Å². The summed E-state index contributed by atoms with van der Waals surface area (Å²) in [4.78, 5) is 42.6. The minimum Gasteiger partial charge on any atom is -0.486 e. The fraction of sp³-hybridized carbons (Fsp3) is 0.364. The van der Waals surface area contributed by atoms with E-state index >= 15 is 0 Å². The van der Waals surface area contributed by atoms with Gasteiger partial charge in [0.25, 0.3) is 5.91 Å². The molecule has 3 heterocycles. The number of benzene rings is 1. The first-order valence-corrected chi connectivity index (χ1v) is 10.3. The molecule has 9 heteroatoms. The van der Waals surface area contributed by atoms with Gasteiger partial charge in [-0.15, -0.1) is 0 Å². The zero-order valence-corrected chi connectivity index (χ0v) is 17.0. The van der Waals surface area contributed by atoms with Crippen molar-refractivity contribution < 1.29 is 23.9 Å². The van der Waals surface area contributed by atoms with Crippen molar-refractivity contribution in [2.45, 2.75) is 12.8 Å². The van der Waals surface area contributed by atoms with Gasteiger partial charge < -0.3 is 25.0 Å². The Labute approximate surface area is 179 Å². The van der Waals surface area contributed by atoms with Gasteiger partial charge in [0, 0.05) is 49.3 Å². The van der Waals surface area contributed by atoms with E-state index in [0.717, 1.165) is 12.8 Å². The Morgan fingerprint density at radius 1 is 0.968 bits per heavy atom. The average molecular weight is 424 g/mol. The van der Waals surface area contributed by atoms with Gasteiger partial charge in [0.2, 0.25) is 0 Å². The summed E-state index contributed by atoms with van der Waals surface area (Å²) in [5.41, 5.74) is 1.09. The highest BCUT2D eigenvalue weighted by Crippen LogP contribution is 2.32. The van der Waals surface area contributed by atoms with Crippen molar-refractivity contribution in [3.63, 3.8) is 0 Å². The number of carbonyl (C=O) groups excluding carboxylic acids is 3. The number of anilines is 1. The number of aromatic nitrogens is 1. The van der Waals surface area contributed by atoms with Crippen molar-refractivity contribution in [1.29, 1.82) is 0 Å². The van der Waals surface area contributed by atoms with Gasteiger partial charge in [-0.05, 0) is 43.0 Å². The highest BCUT2D eigenvalue weighted by atomic mass is 16.6. The molecule has 2 aliphatic rings. The molecular formula is C22H24N4O5. The predicted octanol–water partition coefficient (Wildman–Crippen LogP) is 1.46. The Morgan fingerprint density at radius 2 is 1.68 bits per heavy atom. The monoisotopic (exact) mass is 424 g/mol. The summed E-state index contributed by atoms with van der Waals surface area (Å²) in [5, 5.41) is 5.27. The molecule has 2 N–H and O–H groups in total. The number of piperidine rings is 1. The number of pyridine rings is 1. The van der Waals surface area contributed by atoms with E-state index in [9.17, 15) is 14.4 Å². The second-order valence-electron chi connectivity index (χ2n) is 7.49. The van der Waals surface area contributed by atoms with Crippen LogP contribution in [0.1, 0.15) is 23.2 Å². The molecule has 0 atom stereocenters. The highest BCUT2D eigenvalue weighted by Gasteiger charge is 2.25. The first-order valence-electron chi connectivity index (χ1n) is 10.3. The molecule has 1 saturated heterocycles. The number of likely N-dealkylation sites (tertiary alicyclic amines) is 1. The van der Waals surface area contributed by atoms with Gasteiger partial charge in [-0.1, -0.05) is 0 Å². The molecule has 0 spiro atoms. The third-order valence-electron chi connectivity index (χ3n) is 5.39. The third kappa shape index (κ3) is 5.11. The number of fused-ring (bicyclic) bond motifs is 1. The molecule has 1 fully saturated rings. The Bertz CT molecular complexity index is 958. The molecule has 0 saturated carbocycles. The zero-order valence-electron chi connectivity index (χ0n) is 17.0. The van der Waals surface area contributed by atoms with E-state index in [1.165, 1.54) is 0 Å². The van der Waals surface area contributed by atoms with Gasteiger partial charge in [0.05, 0.1) is 0 Å². The molecule has 2 aliphatic heterocycles. The SMILES string of the molecule is O=C(NCC1CCN(C(=O)c2ccncc2)CC1)C(=O)Nc1ccc2c(c1)OCCO2. The fourth-order valence-electron chi connectivity index (χ4n) is 3.64. The van der Waals surface area contributed by atoms with Crippen LogP contribution in [0.4, 0.5) is 5.69 Å². The number of carbonyl (C=O) groups is 3. The molecule has 1 aromatic heterocycles. The van der Waals surface area contributed by atoms with Gasteiger partial charge in [0.1, 0.15) is 13.2 Å². The molecule has 0 bridgehead atoms. The molecule has 9 nitrogen and oxygen atoms in total. The molecule has 2 aromatic rings. The van der Waals surface area contributed by atoms with Crippen LogP contribution in [0.15, 0.2) is 42.7 Å². The smallest absolute Gasteiger partial charge is 0.313 e. The zero-order chi connectivity index (χ0) is 21.6. The Kier molecular flexibility index (Phi) is 6.30. The molecule has 162 valence electrons. The van der Waals surface area contributed by atoms with Crippen LogP contribution >= 0.6 is 0 Å². The minimum atomic E-state index is -0.734. The molecule has 4 rings (SSSR count). The van der Waals surface area contributed by atoms with Crippen molar-refractivity contribution in [2.24, 2.45) is 5.92 Å². The summed E-state index contributed by atoms with van der Waals surface area (Å²) in [6, 6.07) is 8.40. The molecule has 1 aromatic carbocycles. The lowest BCUT2D eigenvalue weighted by Crippen LogP contribution is -2.43. The molecule has 0 aliphatic carbocycles. The third-order valence-corrected chi connectivity index (χ3v) is 5.39. The first-order chi connectivity index (χ1) is 15.1. The lowest BCUT2D eigenvalue weighted by atomic mass is 9.96. The lowest BCUT2D eigenvalue weighted by Gasteiger charge is -2.32. The maximum atomic E-state index is 12.5. The number of ether oxygens (including phenoxy) is 2. The Balaban J connectivity index is 1.21. The summed E-state index contributed by atoms with van der Waals surface area (Å²) >= 11 is 0. The highest BCUT2D eigenvalue weighted by molar-refractivity contribution is 6.39. The van der Waals surface area contributed by atoms with Crippen molar-refractivity contribution >= 4 is 23.4 Å². The van der Waals surface area contributed by atoms with E-state index in [-0.39, 0.29) is 11.8 Å². The van der Waals surface area contributed by atoms with E-state index in [1.807, 2.05) is 4.90 Å². The largest absolute Gasteiger partial charge is 0.486 e. The minimum absolute atomic E-state index is 0.0105. The maximum absolute atomic E-state index is 12.5. The normalized spacial score (nSPS) is 15.8. The van der Waals surface area contributed by atoms with Crippen molar-refractivity contribution in [3.8, 4) is 11.5 Å². The van der Waals surface area contributed by atoms with Gasteiger partial charge in [0.15, 0.2) is 11.5 Å². The second kappa shape index (κ2) is 9.46. The van der Waals surface area contributed by atoms with E-state index < -0.39 is 11.8 Å². The Morgan fingerprint density at radius 3 is 2.42 bits per heavy atom. The van der Waals surface area contributed by atoms with Gasteiger partial charge in [-0.25, -0.2) is 0 Å². The number of hydrogen-bond donors (Lipinski definition) is 2. The summed E-state index contributed by atoms with van der Waals surface area (Å²) in [6.45, 7) is 2.55. The van der Waals surface area contributed by atoms with Gasteiger partial charge in [-0.2, -0.15) is 0 Å². The van der Waals surface area contributed by atoms with Gasteiger partial charge >= 0.3 is 11.8 Å². The number of amides is 3. The lowest BCUT2D eigenvalue weighted by molar-refractivity contribution is -0.136. The van der Waals surface area contributed by atoms with Crippen LogP contribution < -0.4 is 20.1 Å². The number of nitrogens with zero attached hydrogens (tertiary/aromatic N) is 2. The van der Waals surface area contributed by atoms with Crippen molar-refractivity contribution in [1.82, 2.24) is 15.2 Å². The van der Waals surface area contributed by atoms with E-state index in [1.54, 1.807) is 42.7 Å². The van der Waals surface area contributed by atoms with Crippen LogP contribution in [-0.4, -0.2) is 60.5 Å². The Hall–Kier alpha value is -3.62. The quantitative estimate of drug-likeness (QED) is 0.719. The molecule has 31 heavy (non-hydrogen) atoms. The van der Waals surface area contributed by atoms with Crippen molar-refractivity contribution in [2.75, 3.05) is 38.2 Å². The van der Waals surface area contributed by atoms with Crippen LogP contribution in [0.2, 0.25) is 0 Å². The van der Waals surface area contributed by atoms with E-state index in [0.29, 0.717) is 55.6 Å². The fourth-order valence-corrected chi connectivity index (χ4v) is 3.64. The number of nitrogens with one attached hydrogen (secondary N) is 2. The molecule has 3 amide bonds. The van der Waals surface area contributed by atoms with Crippen LogP contribution in [0.3, 0.4) is 0 Å². The topological polar surface area (TPSA) is 110 Å². The summed E-state index contributed by atoms with van der Waals surface area (Å²) in [5.74, 6) is -0.0663. The standard InChI is InChI=1S/C22H24N4O5/c27-20(21(28)25-17-1-2-18-19(13-17)31-12-11-30-18)24-14-15-5-9-26(10-6-15)22(29)16-3-7-23-8-4-16/h1-4,7-8,13,15H,5-6,9-12,14H2,(H,24,27)(H,25,28). The molecular weight excluding hydrogens is 400 g/mol. The summed E-state index contributed by atoms with van der Waals surface area (Å²) < 4.78 is 10.9. The van der Waals surface area contributed by atoms with Crippen molar-refractivity contribution in [3.05, 3.63) is 48.3 Å². The van der Waals surface area contributed by atoms with Gasteiger partial charge in [-0.3, -0.25) is 19.4 Å². The van der Waals surface area contributed by atoms with Crippen LogP contribution in [-0.2, 0) is 9.59 Å². The molecule has 0 unspecified atom stereocenters. The average Bonchev–Trinajstić information content (AvgIpc) is 2.83.